The molecule has 0 bridgehead atoms. The summed E-state index contributed by atoms with van der Waals surface area (Å²) in [6, 6.07) is 4.95. The molecule has 0 spiro atoms. The van der Waals surface area contributed by atoms with E-state index in [9.17, 15) is 13.6 Å². The van der Waals surface area contributed by atoms with Gasteiger partial charge in [-0.3, -0.25) is 14.5 Å². The van der Waals surface area contributed by atoms with Crippen LogP contribution >= 0.6 is 0 Å². The minimum atomic E-state index is -0.878. The number of pyridine rings is 1. The smallest absolute Gasteiger partial charge is 0.268 e. The summed E-state index contributed by atoms with van der Waals surface area (Å²) in [5, 5.41) is 6.52. The normalized spacial score (nSPS) is 11.1. The SMILES string of the molecule is Nc1n[nH]c2c(-c3ccncn3)cn(-c3c(F)cccc3F)c(=O)c12. The molecular weight excluding hydrogens is 330 g/mol. The highest BCUT2D eigenvalue weighted by Gasteiger charge is 2.20. The van der Waals surface area contributed by atoms with Gasteiger partial charge in [0.05, 0.1) is 11.2 Å². The van der Waals surface area contributed by atoms with Gasteiger partial charge in [-0.05, 0) is 18.2 Å². The third kappa shape index (κ3) is 2.24. The molecule has 4 aromatic rings. The van der Waals surface area contributed by atoms with Gasteiger partial charge in [0.15, 0.2) is 5.82 Å². The molecule has 3 N–H and O–H groups in total. The molecule has 9 heteroatoms. The molecule has 0 radical (unpaired) electrons. The molecule has 0 aliphatic rings. The molecule has 0 amide bonds. The molecule has 3 heterocycles. The summed E-state index contributed by atoms with van der Waals surface area (Å²) in [6.07, 6.45) is 4.12. The predicted octanol–water partition coefficient (Wildman–Crippen LogP) is 2.03. The van der Waals surface area contributed by atoms with E-state index < -0.39 is 22.9 Å². The minimum Gasteiger partial charge on any atom is -0.382 e. The Kier molecular flexibility index (Phi) is 3.27. The number of aromatic nitrogens is 5. The number of para-hydroxylation sites is 1. The van der Waals surface area contributed by atoms with Crippen molar-refractivity contribution in [2.45, 2.75) is 0 Å². The van der Waals surface area contributed by atoms with E-state index in [0.717, 1.165) is 16.7 Å². The van der Waals surface area contributed by atoms with Gasteiger partial charge in [0.1, 0.15) is 29.0 Å². The van der Waals surface area contributed by atoms with Crippen LogP contribution in [-0.4, -0.2) is 24.7 Å². The van der Waals surface area contributed by atoms with E-state index in [1.165, 1.54) is 24.8 Å². The number of hydrogen-bond acceptors (Lipinski definition) is 5. The fourth-order valence-corrected chi connectivity index (χ4v) is 2.67. The molecule has 1 aromatic carbocycles. The Morgan fingerprint density at radius 2 is 1.92 bits per heavy atom. The average Bonchev–Trinajstić information content (AvgIpc) is 3.00. The third-order valence-corrected chi connectivity index (χ3v) is 3.79. The maximum absolute atomic E-state index is 14.2. The van der Waals surface area contributed by atoms with Crippen molar-refractivity contribution in [1.82, 2.24) is 24.7 Å². The van der Waals surface area contributed by atoms with Crippen LogP contribution in [0.4, 0.5) is 14.6 Å². The van der Waals surface area contributed by atoms with E-state index >= 15 is 0 Å². The standard InChI is InChI=1S/C16H10F2N6O/c17-9-2-1-3-10(18)14(9)24-6-8(11-4-5-20-7-21-11)13-12(16(24)25)15(19)23-22-13/h1-7H,(H3,19,22,23). The Labute approximate surface area is 138 Å². The van der Waals surface area contributed by atoms with Gasteiger partial charge in [-0.2, -0.15) is 5.10 Å². The minimum absolute atomic E-state index is 0.0266. The number of nitrogens with zero attached hydrogens (tertiary/aromatic N) is 4. The Bertz CT molecular complexity index is 1130. The van der Waals surface area contributed by atoms with Gasteiger partial charge in [-0.1, -0.05) is 6.07 Å². The van der Waals surface area contributed by atoms with Crippen LogP contribution in [0.1, 0.15) is 0 Å². The lowest BCUT2D eigenvalue weighted by molar-refractivity contribution is 0.567. The molecule has 0 aliphatic heterocycles. The number of benzene rings is 1. The molecule has 0 saturated carbocycles. The van der Waals surface area contributed by atoms with Crippen LogP contribution in [-0.2, 0) is 0 Å². The number of H-pyrrole nitrogens is 1. The summed E-state index contributed by atoms with van der Waals surface area (Å²) in [7, 11) is 0. The van der Waals surface area contributed by atoms with Crippen LogP contribution in [0.3, 0.4) is 0 Å². The van der Waals surface area contributed by atoms with E-state index in [4.69, 9.17) is 5.73 Å². The number of nitrogens with one attached hydrogen (secondary N) is 1. The molecule has 3 aromatic heterocycles. The number of nitrogen functional groups attached to an aromatic ring is 1. The molecule has 124 valence electrons. The van der Waals surface area contributed by atoms with E-state index in [1.807, 2.05) is 0 Å². The van der Waals surface area contributed by atoms with Crippen molar-refractivity contribution in [3.8, 4) is 16.9 Å². The summed E-state index contributed by atoms with van der Waals surface area (Å²) < 4.78 is 29.3. The summed E-state index contributed by atoms with van der Waals surface area (Å²) in [5.41, 5.74) is 5.76. The lowest BCUT2D eigenvalue weighted by Gasteiger charge is -2.11. The van der Waals surface area contributed by atoms with Gasteiger partial charge in [0.2, 0.25) is 0 Å². The monoisotopic (exact) mass is 340 g/mol. The fraction of sp³-hybridized carbons (Fsp3) is 0. The first-order chi connectivity index (χ1) is 12.1. The molecule has 0 atom stereocenters. The molecule has 0 fully saturated rings. The summed E-state index contributed by atoms with van der Waals surface area (Å²) in [5.74, 6) is -1.82. The van der Waals surface area contributed by atoms with E-state index in [2.05, 4.69) is 20.2 Å². The number of nitrogens with two attached hydrogens (primary N) is 1. The van der Waals surface area contributed by atoms with Crippen LogP contribution in [0.25, 0.3) is 27.8 Å². The van der Waals surface area contributed by atoms with E-state index in [1.54, 1.807) is 6.07 Å². The van der Waals surface area contributed by atoms with Crippen molar-refractivity contribution in [3.05, 3.63) is 65.0 Å². The van der Waals surface area contributed by atoms with Crippen LogP contribution in [0.5, 0.6) is 0 Å². The molecule has 4 rings (SSSR count). The highest BCUT2D eigenvalue weighted by atomic mass is 19.1. The van der Waals surface area contributed by atoms with Crippen LogP contribution in [0.15, 0.2) is 47.8 Å². The molecule has 0 aliphatic carbocycles. The van der Waals surface area contributed by atoms with Crippen molar-refractivity contribution >= 4 is 16.7 Å². The number of halogens is 2. The molecule has 0 saturated heterocycles. The topological polar surface area (TPSA) is 102 Å². The van der Waals surface area contributed by atoms with Crippen molar-refractivity contribution in [2.75, 3.05) is 5.73 Å². The number of rotatable bonds is 2. The Morgan fingerprint density at radius 3 is 2.60 bits per heavy atom. The number of fused-ring (bicyclic) bond motifs is 1. The van der Waals surface area contributed by atoms with Crippen LogP contribution < -0.4 is 11.3 Å². The van der Waals surface area contributed by atoms with Gasteiger partial charge in [-0.15, -0.1) is 0 Å². The second-order valence-electron chi connectivity index (χ2n) is 5.24. The van der Waals surface area contributed by atoms with Crippen molar-refractivity contribution < 1.29 is 8.78 Å². The molecule has 25 heavy (non-hydrogen) atoms. The highest BCUT2D eigenvalue weighted by molar-refractivity contribution is 5.97. The van der Waals surface area contributed by atoms with Gasteiger partial charge in [-0.25, -0.2) is 18.7 Å². The third-order valence-electron chi connectivity index (χ3n) is 3.79. The van der Waals surface area contributed by atoms with Gasteiger partial charge < -0.3 is 5.73 Å². The average molecular weight is 340 g/mol. The first-order valence-corrected chi connectivity index (χ1v) is 7.18. The largest absolute Gasteiger partial charge is 0.382 e. The Morgan fingerprint density at radius 1 is 1.16 bits per heavy atom. The summed E-state index contributed by atoms with van der Waals surface area (Å²) in [4.78, 5) is 20.7. The Hall–Kier alpha value is -3.62. The van der Waals surface area contributed by atoms with Crippen molar-refractivity contribution in [2.24, 2.45) is 0 Å². The van der Waals surface area contributed by atoms with Gasteiger partial charge in [0, 0.05) is 18.0 Å². The van der Waals surface area contributed by atoms with Crippen molar-refractivity contribution in [3.63, 3.8) is 0 Å². The zero-order valence-corrected chi connectivity index (χ0v) is 12.6. The first-order valence-electron chi connectivity index (χ1n) is 7.18. The number of anilines is 1. The summed E-state index contributed by atoms with van der Waals surface area (Å²) in [6.45, 7) is 0. The lowest BCUT2D eigenvalue weighted by Crippen LogP contribution is -2.21. The zero-order valence-electron chi connectivity index (χ0n) is 12.6. The van der Waals surface area contributed by atoms with Crippen LogP contribution in [0.2, 0.25) is 0 Å². The zero-order chi connectivity index (χ0) is 17.6. The van der Waals surface area contributed by atoms with E-state index in [-0.39, 0.29) is 11.2 Å². The number of hydrogen-bond donors (Lipinski definition) is 2. The lowest BCUT2D eigenvalue weighted by atomic mass is 10.1. The molecule has 7 nitrogen and oxygen atoms in total. The van der Waals surface area contributed by atoms with Gasteiger partial charge in [0.25, 0.3) is 5.56 Å². The first kappa shape index (κ1) is 14.9. The summed E-state index contributed by atoms with van der Waals surface area (Å²) >= 11 is 0. The molecule has 0 unspecified atom stereocenters. The molecular formula is C16H10F2N6O. The highest BCUT2D eigenvalue weighted by Crippen LogP contribution is 2.27. The van der Waals surface area contributed by atoms with Crippen molar-refractivity contribution in [1.29, 1.82) is 0 Å². The second-order valence-corrected chi connectivity index (χ2v) is 5.24. The maximum atomic E-state index is 14.2. The predicted molar refractivity (Wildman–Crippen MR) is 87.0 cm³/mol. The fourth-order valence-electron chi connectivity index (χ4n) is 2.67. The quantitative estimate of drug-likeness (QED) is 0.581. The van der Waals surface area contributed by atoms with Gasteiger partial charge >= 0.3 is 0 Å². The van der Waals surface area contributed by atoms with Crippen LogP contribution in [0, 0.1) is 11.6 Å². The maximum Gasteiger partial charge on any atom is 0.268 e. The van der Waals surface area contributed by atoms with E-state index in [0.29, 0.717) is 16.8 Å². The second kappa shape index (κ2) is 5.48. The Balaban J connectivity index is 2.15. The number of aromatic amines is 1.